The van der Waals surface area contributed by atoms with Crippen LogP contribution in [0.5, 0.6) is 0 Å². The van der Waals surface area contributed by atoms with E-state index in [-0.39, 0.29) is 18.5 Å². The van der Waals surface area contributed by atoms with Crippen LogP contribution in [0.4, 0.5) is 13.2 Å². The molecule has 0 aliphatic rings. The predicted octanol–water partition coefficient (Wildman–Crippen LogP) is 1.23. The summed E-state index contributed by atoms with van der Waals surface area (Å²) < 4.78 is 38.0. The largest absolute Gasteiger partial charge is 0.416 e. The van der Waals surface area contributed by atoms with Crippen molar-refractivity contribution in [3.63, 3.8) is 0 Å². The highest BCUT2D eigenvalue weighted by Gasteiger charge is 2.39. The summed E-state index contributed by atoms with van der Waals surface area (Å²) in [4.78, 5) is 29.4. The van der Waals surface area contributed by atoms with Gasteiger partial charge in [-0.2, -0.15) is 13.2 Å². The van der Waals surface area contributed by atoms with Crippen molar-refractivity contribution >= 4 is 27.5 Å². The number of hydrogen-bond donors (Lipinski definition) is 1. The minimum Gasteiger partial charge on any atom is -0.382 e. The van der Waals surface area contributed by atoms with Gasteiger partial charge in [-0.25, -0.2) is 4.98 Å². The molecule has 0 bridgehead atoms. The fourth-order valence-corrected chi connectivity index (χ4v) is 2.65. The van der Waals surface area contributed by atoms with Crippen molar-refractivity contribution in [2.24, 2.45) is 0 Å². The molecule has 0 radical (unpaired) electrons. The number of aliphatic hydroxyl groups excluding tert-OH is 1. The standard InChI is InChI=1S/C13H14F3N3O3S/c1-18(6-9(20)13(14,15)16)10(21)2-4-19-7-17-11-8(12(19)22)3-5-23-11/h3,5,7,9,20H,2,4,6H2,1H3. The molecular formula is C13H14F3N3O3S. The zero-order chi connectivity index (χ0) is 17.2. The van der Waals surface area contributed by atoms with Crippen LogP contribution in [0.15, 0.2) is 22.6 Å². The summed E-state index contributed by atoms with van der Waals surface area (Å²) in [5, 5.41) is 11.1. The highest BCUT2D eigenvalue weighted by Crippen LogP contribution is 2.20. The molecule has 0 spiro atoms. The van der Waals surface area contributed by atoms with E-state index in [0.29, 0.717) is 10.2 Å². The van der Waals surface area contributed by atoms with E-state index in [1.165, 1.54) is 29.3 Å². The molecule has 10 heteroatoms. The molecule has 23 heavy (non-hydrogen) atoms. The number of hydrogen-bond acceptors (Lipinski definition) is 5. The molecule has 0 fully saturated rings. The molecule has 2 aromatic heterocycles. The van der Waals surface area contributed by atoms with E-state index in [4.69, 9.17) is 5.11 Å². The molecule has 0 saturated carbocycles. The number of likely N-dealkylation sites (N-methyl/N-ethyl adjacent to an activating group) is 1. The van der Waals surface area contributed by atoms with E-state index in [0.717, 1.165) is 4.90 Å². The number of thiophene rings is 1. The van der Waals surface area contributed by atoms with Gasteiger partial charge in [-0.1, -0.05) is 0 Å². The summed E-state index contributed by atoms with van der Waals surface area (Å²) in [6.07, 6.45) is -6.24. The lowest BCUT2D eigenvalue weighted by Gasteiger charge is -2.22. The van der Waals surface area contributed by atoms with Crippen LogP contribution < -0.4 is 5.56 Å². The number of aliphatic hydroxyl groups is 1. The summed E-state index contributed by atoms with van der Waals surface area (Å²) >= 11 is 1.31. The summed E-state index contributed by atoms with van der Waals surface area (Å²) in [6, 6.07) is 1.62. The van der Waals surface area contributed by atoms with Crippen LogP contribution >= 0.6 is 11.3 Å². The number of carbonyl (C=O) groups excluding carboxylic acids is 1. The molecule has 6 nitrogen and oxygen atoms in total. The molecule has 126 valence electrons. The normalized spacial score (nSPS) is 13.3. The molecule has 0 aromatic carbocycles. The number of rotatable bonds is 5. The summed E-state index contributed by atoms with van der Waals surface area (Å²) in [5.41, 5.74) is -0.304. The van der Waals surface area contributed by atoms with Gasteiger partial charge in [-0.3, -0.25) is 14.2 Å². The monoisotopic (exact) mass is 349 g/mol. The molecule has 0 saturated heterocycles. The fourth-order valence-electron chi connectivity index (χ4n) is 1.92. The first-order chi connectivity index (χ1) is 10.7. The highest BCUT2D eigenvalue weighted by molar-refractivity contribution is 7.16. The van der Waals surface area contributed by atoms with Crippen LogP contribution in [0.3, 0.4) is 0 Å². The van der Waals surface area contributed by atoms with E-state index >= 15 is 0 Å². The third kappa shape index (κ3) is 4.08. The number of amides is 1. The highest BCUT2D eigenvalue weighted by atomic mass is 32.1. The lowest BCUT2D eigenvalue weighted by Crippen LogP contribution is -2.42. The first-order valence-corrected chi connectivity index (χ1v) is 7.49. The van der Waals surface area contributed by atoms with Gasteiger partial charge in [0.1, 0.15) is 4.83 Å². The molecule has 2 rings (SSSR count). The molecule has 1 amide bonds. The number of aryl methyl sites for hydroxylation is 1. The van der Waals surface area contributed by atoms with Gasteiger partial charge in [-0.05, 0) is 11.4 Å². The van der Waals surface area contributed by atoms with E-state index in [2.05, 4.69) is 4.98 Å². The minimum atomic E-state index is -4.78. The number of fused-ring (bicyclic) bond motifs is 1. The number of carbonyl (C=O) groups is 1. The first kappa shape index (κ1) is 17.4. The van der Waals surface area contributed by atoms with Crippen LogP contribution in [-0.4, -0.2) is 51.3 Å². The molecular weight excluding hydrogens is 335 g/mol. The first-order valence-electron chi connectivity index (χ1n) is 6.61. The number of nitrogens with zero attached hydrogens (tertiary/aromatic N) is 3. The van der Waals surface area contributed by atoms with Gasteiger partial charge in [0, 0.05) is 20.0 Å². The van der Waals surface area contributed by atoms with Crippen LogP contribution in [0.2, 0.25) is 0 Å². The average molecular weight is 349 g/mol. The molecule has 0 aliphatic carbocycles. The Morgan fingerprint density at radius 3 is 2.87 bits per heavy atom. The Kier molecular flexibility index (Phi) is 5.05. The second-order valence-electron chi connectivity index (χ2n) is 4.96. The van der Waals surface area contributed by atoms with Gasteiger partial charge in [0.15, 0.2) is 6.10 Å². The third-order valence-electron chi connectivity index (χ3n) is 3.27. The van der Waals surface area contributed by atoms with Crippen molar-refractivity contribution in [3.05, 3.63) is 28.1 Å². The van der Waals surface area contributed by atoms with E-state index in [1.807, 2.05) is 0 Å². The number of alkyl halides is 3. The predicted molar refractivity (Wildman–Crippen MR) is 78.2 cm³/mol. The average Bonchev–Trinajstić information content (AvgIpc) is 2.94. The smallest absolute Gasteiger partial charge is 0.382 e. The van der Waals surface area contributed by atoms with Gasteiger partial charge < -0.3 is 10.0 Å². The Hall–Kier alpha value is -1.94. The molecule has 1 unspecified atom stereocenters. The SMILES string of the molecule is CN(CC(O)C(F)(F)F)C(=O)CCn1cnc2sccc2c1=O. The second kappa shape index (κ2) is 6.67. The fraction of sp³-hybridized carbons (Fsp3) is 0.462. The summed E-state index contributed by atoms with van der Waals surface area (Å²) in [5.74, 6) is -0.606. The Labute approximate surface area is 132 Å². The number of aromatic nitrogens is 2. The minimum absolute atomic E-state index is 0.00288. The Morgan fingerprint density at radius 2 is 2.22 bits per heavy atom. The van der Waals surface area contributed by atoms with Gasteiger partial charge in [0.05, 0.1) is 18.3 Å². The van der Waals surface area contributed by atoms with Crippen LogP contribution in [0.25, 0.3) is 10.2 Å². The summed E-state index contributed by atoms with van der Waals surface area (Å²) in [7, 11) is 1.17. The van der Waals surface area contributed by atoms with Gasteiger partial charge in [0.25, 0.3) is 5.56 Å². The van der Waals surface area contributed by atoms with Gasteiger partial charge >= 0.3 is 6.18 Å². The Morgan fingerprint density at radius 1 is 1.52 bits per heavy atom. The topological polar surface area (TPSA) is 75.4 Å². The zero-order valence-electron chi connectivity index (χ0n) is 12.1. The van der Waals surface area contributed by atoms with Gasteiger partial charge in [0.2, 0.25) is 5.91 Å². The zero-order valence-corrected chi connectivity index (χ0v) is 12.9. The van der Waals surface area contributed by atoms with Crippen molar-refractivity contribution in [1.82, 2.24) is 14.5 Å². The van der Waals surface area contributed by atoms with E-state index < -0.39 is 24.7 Å². The maximum atomic E-state index is 12.3. The lowest BCUT2D eigenvalue weighted by atomic mass is 10.3. The number of halogens is 3. The lowest BCUT2D eigenvalue weighted by molar-refractivity contribution is -0.207. The van der Waals surface area contributed by atoms with Crippen molar-refractivity contribution in [1.29, 1.82) is 0 Å². The van der Waals surface area contributed by atoms with Crippen LogP contribution in [0, 0.1) is 0 Å². The Bertz CT molecular complexity index is 756. The van der Waals surface area contributed by atoms with Crippen LogP contribution in [-0.2, 0) is 11.3 Å². The van der Waals surface area contributed by atoms with Crippen molar-refractivity contribution < 1.29 is 23.1 Å². The molecule has 1 N–H and O–H groups in total. The van der Waals surface area contributed by atoms with Crippen LogP contribution in [0.1, 0.15) is 6.42 Å². The van der Waals surface area contributed by atoms with E-state index in [1.54, 1.807) is 11.4 Å². The van der Waals surface area contributed by atoms with Crippen molar-refractivity contribution in [3.8, 4) is 0 Å². The maximum absolute atomic E-state index is 12.3. The molecule has 2 aromatic rings. The maximum Gasteiger partial charge on any atom is 0.416 e. The Balaban J connectivity index is 1.98. The molecule has 0 aliphatic heterocycles. The molecule has 2 heterocycles. The van der Waals surface area contributed by atoms with Gasteiger partial charge in [-0.15, -0.1) is 11.3 Å². The summed E-state index contributed by atoms with van der Waals surface area (Å²) in [6.45, 7) is -0.845. The second-order valence-corrected chi connectivity index (χ2v) is 5.86. The third-order valence-corrected chi connectivity index (χ3v) is 4.09. The van der Waals surface area contributed by atoms with Crippen molar-refractivity contribution in [2.75, 3.05) is 13.6 Å². The molecule has 1 atom stereocenters. The van der Waals surface area contributed by atoms with Crippen molar-refractivity contribution in [2.45, 2.75) is 25.2 Å². The van der Waals surface area contributed by atoms with E-state index in [9.17, 15) is 22.8 Å². The quantitative estimate of drug-likeness (QED) is 0.881.